The van der Waals surface area contributed by atoms with Gasteiger partial charge in [0, 0.05) is 5.56 Å². The van der Waals surface area contributed by atoms with E-state index in [1.807, 2.05) is 30.3 Å². The first-order chi connectivity index (χ1) is 17.3. The maximum atomic E-state index is 12.9. The van der Waals surface area contributed by atoms with Crippen LogP contribution in [0.5, 0.6) is 5.75 Å². The molecule has 1 aromatic heterocycles. The van der Waals surface area contributed by atoms with Gasteiger partial charge in [0.1, 0.15) is 10.9 Å². The Hall–Kier alpha value is -4.15. The number of aromatic nitrogens is 2. The van der Waals surface area contributed by atoms with Gasteiger partial charge in [-0.05, 0) is 49.4 Å². The van der Waals surface area contributed by atoms with Gasteiger partial charge in [-0.1, -0.05) is 48.0 Å². The van der Waals surface area contributed by atoms with Gasteiger partial charge in [-0.15, -0.1) is 0 Å². The Bertz CT molecular complexity index is 1540. The number of hydrogen-bond donors (Lipinski definition) is 2. The Labute approximate surface area is 213 Å². The fraction of sp³-hybridized carbons (Fsp3) is 0.0800. The van der Waals surface area contributed by atoms with Crippen molar-refractivity contribution in [3.8, 4) is 11.4 Å². The Morgan fingerprint density at radius 3 is 2.53 bits per heavy atom. The van der Waals surface area contributed by atoms with Crippen LogP contribution in [0.3, 0.4) is 0 Å². The minimum atomic E-state index is -3.98. The van der Waals surface area contributed by atoms with Crippen LogP contribution in [0.2, 0.25) is 5.15 Å². The van der Waals surface area contributed by atoms with Crippen LogP contribution >= 0.6 is 11.6 Å². The SMILES string of the molecule is COc1ccccc1NS(=O)(=O)c1cccc(C(=O)N/N=C\c2c(C)nn(-c3ccccc3)c2Cl)c1. The number of carbonyl (C=O) groups is 1. The van der Waals surface area contributed by atoms with Crippen molar-refractivity contribution in [1.29, 1.82) is 0 Å². The van der Waals surface area contributed by atoms with Crippen LogP contribution < -0.4 is 14.9 Å². The number of benzene rings is 3. The van der Waals surface area contributed by atoms with E-state index in [1.165, 1.54) is 37.6 Å². The molecule has 0 atom stereocenters. The molecule has 0 saturated carbocycles. The number of amides is 1. The van der Waals surface area contributed by atoms with E-state index in [0.717, 1.165) is 5.69 Å². The van der Waals surface area contributed by atoms with Gasteiger partial charge in [0.25, 0.3) is 15.9 Å². The van der Waals surface area contributed by atoms with Crippen LogP contribution in [-0.2, 0) is 10.0 Å². The zero-order valence-corrected chi connectivity index (χ0v) is 20.9. The van der Waals surface area contributed by atoms with Crippen molar-refractivity contribution in [2.24, 2.45) is 5.10 Å². The summed E-state index contributed by atoms with van der Waals surface area (Å²) in [5, 5.41) is 8.74. The van der Waals surface area contributed by atoms with E-state index in [0.29, 0.717) is 22.2 Å². The highest BCUT2D eigenvalue weighted by Crippen LogP contribution is 2.26. The summed E-state index contributed by atoms with van der Waals surface area (Å²) in [6.45, 7) is 1.78. The van der Waals surface area contributed by atoms with Crippen LogP contribution in [0.4, 0.5) is 5.69 Å². The highest BCUT2D eigenvalue weighted by Gasteiger charge is 2.18. The largest absolute Gasteiger partial charge is 0.495 e. The predicted molar refractivity (Wildman–Crippen MR) is 139 cm³/mol. The van der Waals surface area contributed by atoms with Gasteiger partial charge in [0.05, 0.1) is 40.9 Å². The molecule has 1 heterocycles. The second-order valence-electron chi connectivity index (χ2n) is 7.57. The summed E-state index contributed by atoms with van der Waals surface area (Å²) in [5.74, 6) is -0.223. The second kappa shape index (κ2) is 10.6. The first-order valence-electron chi connectivity index (χ1n) is 10.7. The Balaban J connectivity index is 1.50. The van der Waals surface area contributed by atoms with Gasteiger partial charge in [0.15, 0.2) is 0 Å². The number of halogens is 1. The maximum Gasteiger partial charge on any atom is 0.271 e. The Kier molecular flexibility index (Phi) is 7.37. The van der Waals surface area contributed by atoms with Crippen molar-refractivity contribution in [3.63, 3.8) is 0 Å². The van der Waals surface area contributed by atoms with Crippen LogP contribution in [0.1, 0.15) is 21.6 Å². The van der Waals surface area contributed by atoms with Crippen LogP contribution in [0.15, 0.2) is 88.9 Å². The molecule has 0 aliphatic carbocycles. The summed E-state index contributed by atoms with van der Waals surface area (Å²) in [6.07, 6.45) is 1.39. The number of ether oxygens (including phenoxy) is 1. The minimum absolute atomic E-state index is 0.0898. The van der Waals surface area contributed by atoms with Crippen LogP contribution in [0.25, 0.3) is 5.69 Å². The maximum absolute atomic E-state index is 12.9. The first-order valence-corrected chi connectivity index (χ1v) is 12.6. The third kappa shape index (κ3) is 5.40. The molecule has 184 valence electrons. The van der Waals surface area contributed by atoms with Crippen molar-refractivity contribution >= 4 is 39.4 Å². The molecule has 0 fully saturated rings. The summed E-state index contributed by atoms with van der Waals surface area (Å²) < 4.78 is 35.0. The van der Waals surface area contributed by atoms with Gasteiger partial charge in [0.2, 0.25) is 0 Å². The molecule has 11 heteroatoms. The standard InChI is InChI=1S/C25H22ClN5O4S/c1-17-21(24(26)31(29-17)19-10-4-3-5-11-19)16-27-28-25(32)18-9-8-12-20(15-18)36(33,34)30-22-13-6-7-14-23(22)35-2/h3-16,30H,1-2H3,(H,28,32)/b27-16-. The number of hydrazone groups is 1. The lowest BCUT2D eigenvalue weighted by Crippen LogP contribution is -2.19. The zero-order valence-electron chi connectivity index (χ0n) is 19.3. The minimum Gasteiger partial charge on any atom is -0.495 e. The summed E-state index contributed by atoms with van der Waals surface area (Å²) >= 11 is 6.47. The summed E-state index contributed by atoms with van der Waals surface area (Å²) in [5.41, 5.74) is 4.74. The van der Waals surface area contributed by atoms with Gasteiger partial charge in [-0.2, -0.15) is 10.2 Å². The van der Waals surface area contributed by atoms with Crippen molar-refractivity contribution in [1.82, 2.24) is 15.2 Å². The van der Waals surface area contributed by atoms with Gasteiger partial charge in [-0.25, -0.2) is 18.5 Å². The van der Waals surface area contributed by atoms with Crippen LogP contribution in [-0.4, -0.2) is 37.4 Å². The molecule has 2 N–H and O–H groups in total. The molecule has 4 aromatic rings. The molecule has 0 unspecified atom stereocenters. The van der Waals surface area contributed by atoms with E-state index in [1.54, 1.807) is 35.9 Å². The molecule has 3 aromatic carbocycles. The highest BCUT2D eigenvalue weighted by molar-refractivity contribution is 7.92. The monoisotopic (exact) mass is 523 g/mol. The molecular formula is C25H22ClN5O4S. The summed E-state index contributed by atoms with van der Waals surface area (Å²) in [7, 11) is -2.53. The van der Waals surface area contributed by atoms with E-state index < -0.39 is 15.9 Å². The number of rotatable bonds is 8. The van der Waals surface area contributed by atoms with Crippen molar-refractivity contribution in [2.45, 2.75) is 11.8 Å². The number of nitrogens with one attached hydrogen (secondary N) is 2. The van der Waals surface area contributed by atoms with Crippen molar-refractivity contribution in [3.05, 3.63) is 101 Å². The Morgan fingerprint density at radius 1 is 1.06 bits per heavy atom. The molecule has 4 rings (SSSR count). The summed E-state index contributed by atoms with van der Waals surface area (Å²) in [4.78, 5) is 12.6. The van der Waals surface area contributed by atoms with E-state index in [4.69, 9.17) is 16.3 Å². The molecule has 1 amide bonds. The lowest BCUT2D eigenvalue weighted by Gasteiger charge is -2.12. The number of hydrogen-bond acceptors (Lipinski definition) is 6. The summed E-state index contributed by atoms with van der Waals surface area (Å²) in [6, 6.07) is 21.6. The van der Waals surface area contributed by atoms with Crippen molar-refractivity contribution < 1.29 is 17.9 Å². The number of sulfonamides is 1. The third-order valence-electron chi connectivity index (χ3n) is 5.17. The van der Waals surface area contributed by atoms with Crippen molar-refractivity contribution in [2.75, 3.05) is 11.8 Å². The molecule has 0 aliphatic heterocycles. The number of methoxy groups -OCH3 is 1. The van der Waals surface area contributed by atoms with Gasteiger partial charge >= 0.3 is 0 Å². The molecule has 0 radical (unpaired) electrons. The smallest absolute Gasteiger partial charge is 0.271 e. The van der Waals surface area contributed by atoms with Gasteiger partial charge in [-0.3, -0.25) is 9.52 Å². The quantitative estimate of drug-likeness (QED) is 0.262. The lowest BCUT2D eigenvalue weighted by molar-refractivity contribution is 0.0955. The number of carbonyl (C=O) groups excluding carboxylic acids is 1. The number of nitrogens with zero attached hydrogens (tertiary/aromatic N) is 3. The molecule has 0 bridgehead atoms. The zero-order chi connectivity index (χ0) is 25.7. The van der Waals surface area contributed by atoms with E-state index >= 15 is 0 Å². The average Bonchev–Trinajstić information content (AvgIpc) is 3.17. The molecule has 0 spiro atoms. The van der Waals surface area contributed by atoms with E-state index in [-0.39, 0.29) is 16.1 Å². The van der Waals surface area contributed by atoms with E-state index in [9.17, 15) is 13.2 Å². The number of para-hydroxylation sites is 3. The molecule has 0 aliphatic rings. The fourth-order valence-electron chi connectivity index (χ4n) is 3.36. The third-order valence-corrected chi connectivity index (χ3v) is 6.89. The average molecular weight is 524 g/mol. The van der Waals surface area contributed by atoms with Gasteiger partial charge < -0.3 is 4.74 Å². The highest BCUT2D eigenvalue weighted by atomic mass is 35.5. The van der Waals surface area contributed by atoms with Crippen LogP contribution in [0, 0.1) is 6.92 Å². The molecule has 0 saturated heterocycles. The molecular weight excluding hydrogens is 502 g/mol. The number of aryl methyl sites for hydroxylation is 1. The first kappa shape index (κ1) is 25.0. The molecule has 36 heavy (non-hydrogen) atoms. The number of anilines is 1. The fourth-order valence-corrected chi connectivity index (χ4v) is 4.79. The predicted octanol–water partition coefficient (Wildman–Crippen LogP) is 4.41. The normalized spacial score (nSPS) is 11.4. The lowest BCUT2D eigenvalue weighted by atomic mass is 10.2. The molecule has 9 nitrogen and oxygen atoms in total. The van der Waals surface area contributed by atoms with E-state index in [2.05, 4.69) is 20.3 Å². The topological polar surface area (TPSA) is 115 Å². The Morgan fingerprint density at radius 2 is 1.78 bits per heavy atom. The second-order valence-corrected chi connectivity index (χ2v) is 9.61.